The van der Waals surface area contributed by atoms with Crippen LogP contribution in [0.2, 0.25) is 0 Å². The first-order valence-electron chi connectivity index (χ1n) is 5.26. The van der Waals surface area contributed by atoms with Gasteiger partial charge in [0, 0.05) is 18.8 Å². The number of nitrogens with one attached hydrogen (secondary N) is 1. The van der Waals surface area contributed by atoms with Gasteiger partial charge in [0.1, 0.15) is 0 Å². The van der Waals surface area contributed by atoms with Crippen LogP contribution in [0.4, 0.5) is 4.39 Å². The summed E-state index contributed by atoms with van der Waals surface area (Å²) >= 11 is 0. The van der Waals surface area contributed by atoms with Crippen LogP contribution in [0.1, 0.15) is 16.8 Å². The van der Waals surface area contributed by atoms with Gasteiger partial charge in [0.2, 0.25) is 0 Å². The molecule has 1 aromatic heterocycles. The molecule has 0 radical (unpaired) electrons. The molecule has 2 rings (SSSR count). The molecule has 1 N–H and O–H groups in total. The predicted molar refractivity (Wildman–Crippen MR) is 57.6 cm³/mol. The molecule has 0 saturated carbocycles. The number of pyridine rings is 1. The van der Waals surface area contributed by atoms with Crippen LogP contribution in [0.3, 0.4) is 0 Å². The van der Waals surface area contributed by atoms with Crippen LogP contribution in [-0.2, 0) is 0 Å². The van der Waals surface area contributed by atoms with Gasteiger partial charge in [-0.2, -0.15) is 0 Å². The minimum absolute atomic E-state index is 0.0598. The van der Waals surface area contributed by atoms with Crippen LogP contribution in [0.5, 0.6) is 0 Å². The molecular formula is C11H14FN3O. The zero-order valence-corrected chi connectivity index (χ0v) is 9.11. The lowest BCUT2D eigenvalue weighted by molar-refractivity contribution is 0.0934. The first kappa shape index (κ1) is 11.0. The molecule has 86 valence electrons. The number of hydrogen-bond donors (Lipinski definition) is 1. The molecule has 1 atom stereocenters. The minimum atomic E-state index is -0.577. The van der Waals surface area contributed by atoms with E-state index in [1.165, 1.54) is 12.3 Å². The third kappa shape index (κ3) is 2.36. The van der Waals surface area contributed by atoms with E-state index in [1.54, 1.807) is 0 Å². The summed E-state index contributed by atoms with van der Waals surface area (Å²) in [5.74, 6) is -0.938. The number of aromatic nitrogens is 1. The number of carbonyl (C=O) groups is 1. The monoisotopic (exact) mass is 223 g/mol. The number of rotatable bonds is 2. The van der Waals surface area contributed by atoms with Crippen molar-refractivity contribution >= 4 is 5.91 Å². The number of halogens is 1. The molecule has 1 amide bonds. The minimum Gasteiger partial charge on any atom is -0.348 e. The molecule has 1 aliphatic heterocycles. The number of amides is 1. The molecule has 0 spiro atoms. The summed E-state index contributed by atoms with van der Waals surface area (Å²) in [6.07, 6.45) is 3.38. The van der Waals surface area contributed by atoms with Gasteiger partial charge in [0.15, 0.2) is 5.82 Å². The van der Waals surface area contributed by atoms with Crippen LogP contribution >= 0.6 is 0 Å². The van der Waals surface area contributed by atoms with E-state index in [1.807, 2.05) is 7.05 Å². The topological polar surface area (TPSA) is 45.2 Å². The normalized spacial score (nSPS) is 21.0. The van der Waals surface area contributed by atoms with Crippen molar-refractivity contribution < 1.29 is 9.18 Å². The summed E-state index contributed by atoms with van der Waals surface area (Å²) in [5.41, 5.74) is 0.0598. The number of hydrogen-bond acceptors (Lipinski definition) is 3. The Kier molecular flexibility index (Phi) is 3.14. The van der Waals surface area contributed by atoms with Crippen molar-refractivity contribution in [2.45, 2.75) is 12.5 Å². The van der Waals surface area contributed by atoms with E-state index in [0.717, 1.165) is 25.7 Å². The van der Waals surface area contributed by atoms with E-state index in [2.05, 4.69) is 15.2 Å². The summed E-state index contributed by atoms with van der Waals surface area (Å²) in [4.78, 5) is 17.5. The number of likely N-dealkylation sites (N-methyl/N-ethyl adjacent to an activating group) is 1. The maximum Gasteiger partial charge on any atom is 0.254 e. The Morgan fingerprint density at radius 3 is 3.12 bits per heavy atom. The van der Waals surface area contributed by atoms with Crippen LogP contribution in [-0.4, -0.2) is 42.0 Å². The highest BCUT2D eigenvalue weighted by molar-refractivity contribution is 5.94. The third-order valence-electron chi connectivity index (χ3n) is 2.74. The number of carbonyl (C=O) groups excluding carboxylic acids is 1. The molecular weight excluding hydrogens is 209 g/mol. The van der Waals surface area contributed by atoms with Gasteiger partial charge in [0.05, 0.1) is 11.8 Å². The van der Waals surface area contributed by atoms with Crippen LogP contribution in [0, 0.1) is 5.82 Å². The highest BCUT2D eigenvalue weighted by Crippen LogP contribution is 2.09. The van der Waals surface area contributed by atoms with Crippen molar-refractivity contribution in [1.82, 2.24) is 15.2 Å². The van der Waals surface area contributed by atoms with Gasteiger partial charge in [0.25, 0.3) is 5.91 Å². The first-order chi connectivity index (χ1) is 7.66. The van der Waals surface area contributed by atoms with E-state index >= 15 is 0 Å². The molecule has 5 heteroatoms. The zero-order chi connectivity index (χ0) is 11.5. The van der Waals surface area contributed by atoms with E-state index in [0.29, 0.717) is 0 Å². The van der Waals surface area contributed by atoms with Crippen molar-refractivity contribution in [1.29, 1.82) is 0 Å². The Balaban J connectivity index is 2.01. The van der Waals surface area contributed by atoms with Crippen LogP contribution in [0.15, 0.2) is 18.5 Å². The van der Waals surface area contributed by atoms with E-state index in [9.17, 15) is 9.18 Å². The molecule has 2 heterocycles. The molecule has 1 aromatic rings. The second kappa shape index (κ2) is 4.57. The fourth-order valence-electron chi connectivity index (χ4n) is 1.88. The van der Waals surface area contributed by atoms with Crippen molar-refractivity contribution in [3.8, 4) is 0 Å². The Labute approximate surface area is 93.5 Å². The standard InChI is InChI=1S/C11H14FN3O/c1-15-5-3-8(7-15)14-11(16)9-2-4-13-6-10(9)12/h2,4,6,8H,3,5,7H2,1H3,(H,14,16). The highest BCUT2D eigenvalue weighted by Gasteiger charge is 2.22. The Morgan fingerprint density at radius 2 is 2.50 bits per heavy atom. The molecule has 0 aromatic carbocycles. The summed E-state index contributed by atoms with van der Waals surface area (Å²) in [5, 5.41) is 2.82. The number of nitrogens with zero attached hydrogens (tertiary/aromatic N) is 2. The molecule has 1 fully saturated rings. The largest absolute Gasteiger partial charge is 0.348 e. The first-order valence-corrected chi connectivity index (χ1v) is 5.26. The van der Waals surface area contributed by atoms with Gasteiger partial charge in [-0.3, -0.25) is 9.78 Å². The molecule has 1 unspecified atom stereocenters. The SMILES string of the molecule is CN1CCC(NC(=O)c2ccncc2F)C1. The summed E-state index contributed by atoms with van der Waals surface area (Å²) in [7, 11) is 2.00. The van der Waals surface area contributed by atoms with E-state index < -0.39 is 5.82 Å². The lowest BCUT2D eigenvalue weighted by atomic mass is 10.2. The molecule has 1 aliphatic rings. The predicted octanol–water partition coefficient (Wildman–Crippen LogP) is 0.655. The second-order valence-electron chi connectivity index (χ2n) is 4.08. The van der Waals surface area contributed by atoms with Gasteiger partial charge in [-0.25, -0.2) is 4.39 Å². The fourth-order valence-corrected chi connectivity index (χ4v) is 1.88. The summed E-state index contributed by atoms with van der Waals surface area (Å²) in [6, 6.07) is 1.51. The van der Waals surface area contributed by atoms with E-state index in [-0.39, 0.29) is 17.5 Å². The average Bonchev–Trinajstić information content (AvgIpc) is 2.64. The maximum atomic E-state index is 13.3. The summed E-state index contributed by atoms with van der Waals surface area (Å²) < 4.78 is 13.3. The Hall–Kier alpha value is -1.49. The fraction of sp³-hybridized carbons (Fsp3) is 0.455. The van der Waals surface area contributed by atoms with Gasteiger partial charge in [-0.15, -0.1) is 0 Å². The molecule has 16 heavy (non-hydrogen) atoms. The Bertz CT molecular complexity index is 397. The molecule has 4 nitrogen and oxygen atoms in total. The maximum absolute atomic E-state index is 13.3. The molecule has 0 aliphatic carbocycles. The summed E-state index contributed by atoms with van der Waals surface area (Å²) in [6.45, 7) is 1.78. The average molecular weight is 223 g/mol. The number of likely N-dealkylation sites (tertiary alicyclic amines) is 1. The third-order valence-corrected chi connectivity index (χ3v) is 2.74. The van der Waals surface area contributed by atoms with Crippen molar-refractivity contribution in [2.75, 3.05) is 20.1 Å². The van der Waals surface area contributed by atoms with Crippen LogP contribution < -0.4 is 5.32 Å². The Morgan fingerprint density at radius 1 is 1.69 bits per heavy atom. The van der Waals surface area contributed by atoms with Crippen molar-refractivity contribution in [2.24, 2.45) is 0 Å². The highest BCUT2D eigenvalue weighted by atomic mass is 19.1. The quantitative estimate of drug-likeness (QED) is 0.801. The van der Waals surface area contributed by atoms with Gasteiger partial charge >= 0.3 is 0 Å². The van der Waals surface area contributed by atoms with E-state index in [4.69, 9.17) is 0 Å². The molecule has 0 bridgehead atoms. The van der Waals surface area contributed by atoms with Gasteiger partial charge in [-0.1, -0.05) is 0 Å². The molecule has 1 saturated heterocycles. The van der Waals surface area contributed by atoms with Crippen molar-refractivity contribution in [3.05, 3.63) is 29.8 Å². The second-order valence-corrected chi connectivity index (χ2v) is 4.08. The zero-order valence-electron chi connectivity index (χ0n) is 9.11. The van der Waals surface area contributed by atoms with Crippen molar-refractivity contribution in [3.63, 3.8) is 0 Å². The smallest absolute Gasteiger partial charge is 0.254 e. The lowest BCUT2D eigenvalue weighted by Gasteiger charge is -2.12. The lowest BCUT2D eigenvalue weighted by Crippen LogP contribution is -2.36. The van der Waals surface area contributed by atoms with Gasteiger partial charge < -0.3 is 10.2 Å². The van der Waals surface area contributed by atoms with Crippen LogP contribution in [0.25, 0.3) is 0 Å². The van der Waals surface area contributed by atoms with Gasteiger partial charge in [-0.05, 0) is 26.1 Å².